The second-order valence-corrected chi connectivity index (χ2v) is 6.87. The average molecular weight is 483 g/mol. The van der Waals surface area contributed by atoms with Crippen LogP contribution in [0.1, 0.15) is 0 Å². The summed E-state index contributed by atoms with van der Waals surface area (Å²) in [6.07, 6.45) is 2.48. The summed E-state index contributed by atoms with van der Waals surface area (Å²) >= 11 is 5.38. The monoisotopic (exact) mass is 482 g/mol. The van der Waals surface area contributed by atoms with Gasteiger partial charge in [0.1, 0.15) is 11.3 Å². The molecule has 0 bridgehead atoms. The Labute approximate surface area is 200 Å². The summed E-state index contributed by atoms with van der Waals surface area (Å²) in [5, 5.41) is 45.8. The number of hydrogen-bond donors (Lipinski definition) is 4. The highest BCUT2D eigenvalue weighted by Crippen LogP contribution is 2.16. The normalized spacial score (nSPS) is 10.6. The molecule has 2 heterocycles. The van der Waals surface area contributed by atoms with Gasteiger partial charge in [-0.2, -0.15) is 5.23 Å². The molecule has 0 saturated carbocycles. The molecule has 34 heavy (non-hydrogen) atoms. The Morgan fingerprint density at radius 2 is 1.47 bits per heavy atom. The van der Waals surface area contributed by atoms with Crippen molar-refractivity contribution in [2.45, 2.75) is 0 Å². The van der Waals surface area contributed by atoms with E-state index in [1.54, 1.807) is 36.4 Å². The van der Waals surface area contributed by atoms with E-state index in [0.717, 1.165) is 17.5 Å². The highest BCUT2D eigenvalue weighted by atomic mass is 35.5. The summed E-state index contributed by atoms with van der Waals surface area (Å²) in [5.74, 6) is 0. The Hall–Kier alpha value is -3.71. The van der Waals surface area contributed by atoms with Crippen LogP contribution in [0.2, 0.25) is 5.15 Å². The molecule has 0 aliphatic carbocycles. The van der Waals surface area contributed by atoms with Gasteiger partial charge in [0.05, 0.1) is 16.8 Å². The summed E-state index contributed by atoms with van der Waals surface area (Å²) in [6.45, 7) is 0. The Kier molecular flexibility index (Phi) is 10.7. The first-order valence-corrected chi connectivity index (χ1v) is 10.1. The van der Waals surface area contributed by atoms with Gasteiger partial charge in [0.25, 0.3) is 5.69 Å². The molecule has 1 atom stereocenters. The van der Waals surface area contributed by atoms with Gasteiger partial charge in [0, 0.05) is 17.7 Å². The first-order valence-electron chi connectivity index (χ1n) is 9.69. The third-order valence-electron chi connectivity index (χ3n) is 4.10. The van der Waals surface area contributed by atoms with Crippen LogP contribution in [0, 0.1) is 15.3 Å². The predicted molar refractivity (Wildman–Crippen MR) is 128 cm³/mol. The maximum Gasteiger partial charge on any atom is 0.488 e. The standard InChI is InChI=1S/C11H10N2O2.C6H7BO2.C5H3ClN2O2/c14-13(15)10-6-7-11(12-8-10)9-4-2-1-3-5-9;8-7(9)6-4-2-1-3-5-6;6-5-2-1-4(3-7-5)8(9)10/h1-8,13-14H;1-5,8-9H;1-3H. The Balaban J connectivity index is 0.000000189. The van der Waals surface area contributed by atoms with Crippen LogP contribution in [-0.2, 0) is 0 Å². The minimum Gasteiger partial charge on any atom is -0.595 e. The van der Waals surface area contributed by atoms with Crippen molar-refractivity contribution >= 4 is 35.6 Å². The first kappa shape index (κ1) is 26.5. The van der Waals surface area contributed by atoms with E-state index in [-0.39, 0.29) is 16.5 Å². The smallest absolute Gasteiger partial charge is 0.488 e. The van der Waals surface area contributed by atoms with E-state index in [1.165, 1.54) is 18.3 Å². The summed E-state index contributed by atoms with van der Waals surface area (Å²) in [7, 11) is -1.34. The molecule has 0 fully saturated rings. The molecule has 1 unspecified atom stereocenters. The van der Waals surface area contributed by atoms with Gasteiger partial charge in [-0.1, -0.05) is 72.3 Å². The summed E-state index contributed by atoms with van der Waals surface area (Å²) in [5.41, 5.74) is 2.44. The van der Waals surface area contributed by atoms with Gasteiger partial charge < -0.3 is 15.3 Å². The van der Waals surface area contributed by atoms with Crippen molar-refractivity contribution in [1.82, 2.24) is 9.97 Å². The molecule has 0 aliphatic heterocycles. The van der Waals surface area contributed by atoms with E-state index in [4.69, 9.17) is 26.9 Å². The lowest BCUT2D eigenvalue weighted by Crippen LogP contribution is -2.99. The molecule has 2 aromatic carbocycles. The van der Waals surface area contributed by atoms with E-state index < -0.39 is 17.3 Å². The van der Waals surface area contributed by atoms with Crippen molar-refractivity contribution in [2.75, 3.05) is 0 Å². The summed E-state index contributed by atoms with van der Waals surface area (Å²) < 4.78 is 0. The molecule has 174 valence electrons. The molecule has 0 amide bonds. The van der Waals surface area contributed by atoms with Gasteiger partial charge in [-0.3, -0.25) is 10.1 Å². The van der Waals surface area contributed by atoms with Crippen LogP contribution in [0.15, 0.2) is 97.3 Å². The topological polar surface area (TPSA) is 157 Å². The van der Waals surface area contributed by atoms with E-state index in [2.05, 4.69) is 9.97 Å². The molecule has 0 radical (unpaired) electrons. The average Bonchev–Trinajstić information content (AvgIpc) is 2.86. The third kappa shape index (κ3) is 9.04. The minimum atomic E-state index is -1.34. The van der Waals surface area contributed by atoms with Crippen LogP contribution in [-0.4, -0.2) is 37.3 Å². The molecule has 10 nitrogen and oxygen atoms in total. The number of benzene rings is 2. The summed E-state index contributed by atoms with van der Waals surface area (Å²) in [4.78, 5) is 17.1. The van der Waals surface area contributed by atoms with Crippen LogP contribution in [0.3, 0.4) is 0 Å². The zero-order valence-electron chi connectivity index (χ0n) is 17.6. The molecule has 4 N–H and O–H groups in total. The molecule has 2 aromatic heterocycles. The number of pyridine rings is 2. The Morgan fingerprint density at radius 3 is 1.88 bits per heavy atom. The zero-order chi connectivity index (χ0) is 24.9. The molecule has 12 heteroatoms. The fourth-order valence-electron chi connectivity index (χ4n) is 2.40. The lowest BCUT2D eigenvalue weighted by atomic mass is 9.81. The van der Waals surface area contributed by atoms with Crippen molar-refractivity contribution in [3.05, 3.63) is 118 Å². The third-order valence-corrected chi connectivity index (χ3v) is 4.32. The fraction of sp³-hybridized carbons (Fsp3) is 0. The van der Waals surface area contributed by atoms with Crippen LogP contribution >= 0.6 is 11.6 Å². The van der Waals surface area contributed by atoms with Crippen molar-refractivity contribution in [2.24, 2.45) is 0 Å². The molecular formula is C22H20BClN4O6. The number of quaternary nitrogens is 1. The second-order valence-electron chi connectivity index (χ2n) is 6.48. The number of hydrogen-bond acceptors (Lipinski definition) is 8. The van der Waals surface area contributed by atoms with Gasteiger partial charge >= 0.3 is 7.12 Å². The van der Waals surface area contributed by atoms with Gasteiger partial charge in [-0.05, 0) is 17.6 Å². The van der Waals surface area contributed by atoms with E-state index in [1.807, 2.05) is 36.4 Å². The maximum atomic E-state index is 10.6. The maximum absolute atomic E-state index is 10.6. The first-order chi connectivity index (χ1) is 16.3. The van der Waals surface area contributed by atoms with Gasteiger partial charge in [0.2, 0.25) is 0 Å². The van der Waals surface area contributed by atoms with Gasteiger partial charge in [-0.15, -0.1) is 0 Å². The predicted octanol–water partition coefficient (Wildman–Crippen LogP) is 2.16. The lowest BCUT2D eigenvalue weighted by Gasteiger charge is -2.10. The minimum absolute atomic E-state index is 0.0515. The second kappa shape index (κ2) is 13.8. The number of nitro groups is 1. The van der Waals surface area contributed by atoms with Crippen molar-refractivity contribution in [3.63, 3.8) is 0 Å². The van der Waals surface area contributed by atoms with Crippen LogP contribution < -0.4 is 10.7 Å². The lowest BCUT2D eigenvalue weighted by molar-refractivity contribution is -0.991. The number of nitrogens with one attached hydrogen (secondary N) is 1. The number of rotatable bonds is 4. The Bertz CT molecular complexity index is 1140. The molecule has 4 rings (SSSR count). The zero-order valence-corrected chi connectivity index (χ0v) is 18.4. The fourth-order valence-corrected chi connectivity index (χ4v) is 2.51. The number of aromatic nitrogens is 2. The van der Waals surface area contributed by atoms with Gasteiger partial charge in [-0.25, -0.2) is 15.2 Å². The van der Waals surface area contributed by atoms with E-state index in [9.17, 15) is 15.3 Å². The van der Waals surface area contributed by atoms with E-state index in [0.29, 0.717) is 5.46 Å². The van der Waals surface area contributed by atoms with Gasteiger partial charge in [0.15, 0.2) is 5.69 Å². The van der Waals surface area contributed by atoms with Crippen molar-refractivity contribution in [1.29, 1.82) is 0 Å². The van der Waals surface area contributed by atoms with Crippen LogP contribution in [0.25, 0.3) is 11.3 Å². The quantitative estimate of drug-likeness (QED) is 0.149. The Morgan fingerprint density at radius 1 is 0.853 bits per heavy atom. The van der Waals surface area contributed by atoms with E-state index >= 15 is 0 Å². The molecular weight excluding hydrogens is 463 g/mol. The molecule has 0 aliphatic rings. The largest absolute Gasteiger partial charge is 0.595 e. The highest BCUT2D eigenvalue weighted by molar-refractivity contribution is 6.58. The number of nitrogens with zero attached hydrogens (tertiary/aromatic N) is 3. The molecule has 0 saturated heterocycles. The van der Waals surface area contributed by atoms with Crippen LogP contribution in [0.5, 0.6) is 0 Å². The molecule has 0 spiro atoms. The highest BCUT2D eigenvalue weighted by Gasteiger charge is 2.07. The molecule has 4 aromatic rings. The summed E-state index contributed by atoms with van der Waals surface area (Å²) in [6, 6.07) is 24.2. The van der Waals surface area contributed by atoms with Crippen molar-refractivity contribution in [3.8, 4) is 11.3 Å². The number of halogens is 1. The van der Waals surface area contributed by atoms with Crippen LogP contribution in [0.4, 0.5) is 11.4 Å². The SMILES string of the molecule is O=[N+]([O-])c1ccc(Cl)nc1.OB(O)c1ccccc1.[O-][NH+](O)c1ccc(-c2ccccc2)nc1. The van der Waals surface area contributed by atoms with Crippen molar-refractivity contribution < 1.29 is 25.4 Å².